The molecule has 0 atom stereocenters. The molecule has 3 rings (SSSR count). The molecule has 1 amide bonds. The number of benzene rings is 2. The molecule has 0 aliphatic carbocycles. The lowest BCUT2D eigenvalue weighted by Crippen LogP contribution is -2.33. The van der Waals surface area contributed by atoms with Gasteiger partial charge in [-0.05, 0) is 46.3 Å². The number of hydrogen-bond donors (Lipinski definition) is 1. The second-order valence-corrected chi connectivity index (χ2v) is 5.36. The minimum Gasteiger partial charge on any atom is -0.267 e. The summed E-state index contributed by atoms with van der Waals surface area (Å²) in [5.41, 5.74) is 2.60. The number of amides is 1. The number of para-hydroxylation sites is 1. The molecular weight excluding hydrogens is 353 g/mol. The summed E-state index contributed by atoms with van der Waals surface area (Å²) in [6.07, 6.45) is 1.22. The van der Waals surface area contributed by atoms with Crippen LogP contribution in [0.1, 0.15) is 10.4 Å². The van der Waals surface area contributed by atoms with E-state index in [1.165, 1.54) is 18.5 Å². The number of fused-ring (bicyclic) bond motifs is 1. The van der Waals surface area contributed by atoms with Crippen LogP contribution in [-0.4, -0.2) is 15.6 Å². The van der Waals surface area contributed by atoms with E-state index in [1.807, 2.05) is 0 Å². The predicted molar refractivity (Wildman–Crippen MR) is 83.8 cm³/mol. The highest BCUT2D eigenvalue weighted by Crippen LogP contribution is 2.17. The third kappa shape index (κ3) is 2.62. The van der Waals surface area contributed by atoms with E-state index in [0.717, 1.165) is 10.7 Å². The molecule has 0 bridgehead atoms. The van der Waals surface area contributed by atoms with Crippen LogP contribution < -0.4 is 11.0 Å². The van der Waals surface area contributed by atoms with Crippen molar-refractivity contribution in [1.29, 1.82) is 0 Å². The van der Waals surface area contributed by atoms with Gasteiger partial charge >= 0.3 is 0 Å². The Kier molecular flexibility index (Phi) is 3.72. The lowest BCUT2D eigenvalue weighted by molar-refractivity contribution is 0.101. The maximum Gasteiger partial charge on any atom is 0.280 e. The van der Waals surface area contributed by atoms with Crippen molar-refractivity contribution in [1.82, 2.24) is 9.66 Å². The number of carbonyl (C=O) groups is 1. The standard InChI is InChI=1S/C15H9BrFN3O2/c16-12-6-5-9(17)7-11(12)14(21)19-20-8-18-13-4-2-1-3-10(13)15(20)22/h1-8H,(H,19,21). The molecule has 1 heterocycles. The zero-order valence-electron chi connectivity index (χ0n) is 11.1. The van der Waals surface area contributed by atoms with E-state index in [-0.39, 0.29) is 5.56 Å². The Hall–Kier alpha value is -2.54. The van der Waals surface area contributed by atoms with Crippen molar-refractivity contribution < 1.29 is 9.18 Å². The van der Waals surface area contributed by atoms with Crippen LogP contribution in [0.5, 0.6) is 0 Å². The Bertz CT molecular complexity index is 939. The highest BCUT2D eigenvalue weighted by Gasteiger charge is 2.13. The molecule has 22 heavy (non-hydrogen) atoms. The fraction of sp³-hybridized carbons (Fsp3) is 0. The number of halogens is 2. The summed E-state index contributed by atoms with van der Waals surface area (Å²) in [5.74, 6) is -1.16. The molecule has 110 valence electrons. The predicted octanol–water partition coefficient (Wildman–Crippen LogP) is 2.68. The van der Waals surface area contributed by atoms with Gasteiger partial charge in [-0.2, -0.15) is 0 Å². The SMILES string of the molecule is O=C(Nn1cnc2ccccc2c1=O)c1cc(F)ccc1Br. The Morgan fingerprint density at radius 2 is 2.00 bits per heavy atom. The van der Waals surface area contributed by atoms with Crippen LogP contribution in [0, 0.1) is 5.82 Å². The molecule has 1 aromatic heterocycles. The third-order valence-corrected chi connectivity index (χ3v) is 3.75. The van der Waals surface area contributed by atoms with E-state index in [0.29, 0.717) is 15.4 Å². The van der Waals surface area contributed by atoms with Crippen LogP contribution in [0.15, 0.2) is 58.1 Å². The van der Waals surface area contributed by atoms with Crippen LogP contribution in [0.2, 0.25) is 0 Å². The summed E-state index contributed by atoms with van der Waals surface area (Å²) in [4.78, 5) is 28.5. The second kappa shape index (κ2) is 5.69. The molecule has 0 aliphatic rings. The van der Waals surface area contributed by atoms with Crippen molar-refractivity contribution in [2.24, 2.45) is 0 Å². The van der Waals surface area contributed by atoms with Crippen LogP contribution in [0.4, 0.5) is 4.39 Å². The van der Waals surface area contributed by atoms with Crippen molar-refractivity contribution >= 4 is 32.7 Å². The molecule has 7 heteroatoms. The van der Waals surface area contributed by atoms with Gasteiger partial charge in [-0.25, -0.2) is 14.1 Å². The molecule has 0 unspecified atom stereocenters. The van der Waals surface area contributed by atoms with Gasteiger partial charge in [-0.3, -0.25) is 15.0 Å². The Labute approximate surface area is 132 Å². The summed E-state index contributed by atoms with van der Waals surface area (Å²) in [7, 11) is 0. The molecule has 5 nitrogen and oxygen atoms in total. The molecule has 0 saturated heterocycles. The van der Waals surface area contributed by atoms with E-state index in [2.05, 4.69) is 26.3 Å². The molecule has 3 aromatic rings. The molecule has 0 saturated carbocycles. The number of nitrogens with one attached hydrogen (secondary N) is 1. The first-order valence-electron chi connectivity index (χ1n) is 6.29. The lowest BCUT2D eigenvalue weighted by atomic mass is 10.2. The average molecular weight is 362 g/mol. The van der Waals surface area contributed by atoms with Crippen molar-refractivity contribution in [3.8, 4) is 0 Å². The zero-order valence-corrected chi connectivity index (χ0v) is 12.7. The maximum absolute atomic E-state index is 13.3. The lowest BCUT2D eigenvalue weighted by Gasteiger charge is -2.09. The number of nitrogens with zero attached hydrogens (tertiary/aromatic N) is 2. The summed E-state index contributed by atoms with van der Waals surface area (Å²) >= 11 is 3.17. The minimum atomic E-state index is -0.620. The fourth-order valence-corrected chi connectivity index (χ4v) is 2.42. The highest BCUT2D eigenvalue weighted by atomic mass is 79.9. The van der Waals surface area contributed by atoms with Gasteiger partial charge in [0.15, 0.2) is 0 Å². The average Bonchev–Trinajstić information content (AvgIpc) is 2.52. The van der Waals surface area contributed by atoms with Crippen molar-refractivity contribution in [3.63, 3.8) is 0 Å². The van der Waals surface area contributed by atoms with E-state index in [9.17, 15) is 14.0 Å². The van der Waals surface area contributed by atoms with Crippen molar-refractivity contribution in [3.05, 3.63) is 75.0 Å². The Morgan fingerprint density at radius 1 is 1.23 bits per heavy atom. The summed E-state index contributed by atoms with van der Waals surface area (Å²) in [6, 6.07) is 10.5. The van der Waals surface area contributed by atoms with Gasteiger partial charge in [-0.1, -0.05) is 12.1 Å². The van der Waals surface area contributed by atoms with Gasteiger partial charge < -0.3 is 0 Å². The topological polar surface area (TPSA) is 64.0 Å². The minimum absolute atomic E-state index is 0.0834. The second-order valence-electron chi connectivity index (χ2n) is 4.50. The number of aromatic nitrogens is 2. The maximum atomic E-state index is 13.3. The molecule has 2 aromatic carbocycles. The molecule has 0 spiro atoms. The molecule has 1 N–H and O–H groups in total. The van der Waals surface area contributed by atoms with Crippen molar-refractivity contribution in [2.75, 3.05) is 5.43 Å². The Morgan fingerprint density at radius 3 is 2.82 bits per heavy atom. The van der Waals surface area contributed by atoms with Crippen molar-refractivity contribution in [2.45, 2.75) is 0 Å². The van der Waals surface area contributed by atoms with E-state index < -0.39 is 17.3 Å². The first-order valence-corrected chi connectivity index (χ1v) is 7.08. The smallest absolute Gasteiger partial charge is 0.267 e. The molecule has 0 aliphatic heterocycles. The van der Waals surface area contributed by atoms with Crippen LogP contribution in [0.25, 0.3) is 10.9 Å². The van der Waals surface area contributed by atoms with Gasteiger partial charge in [-0.15, -0.1) is 0 Å². The summed E-state index contributed by atoms with van der Waals surface area (Å²) < 4.78 is 14.7. The quantitative estimate of drug-likeness (QED) is 0.763. The first kappa shape index (κ1) is 14.4. The normalized spacial score (nSPS) is 10.6. The monoisotopic (exact) mass is 361 g/mol. The highest BCUT2D eigenvalue weighted by molar-refractivity contribution is 9.10. The first-order chi connectivity index (χ1) is 10.6. The summed E-state index contributed by atoms with van der Waals surface area (Å²) in [5, 5.41) is 0.378. The summed E-state index contributed by atoms with van der Waals surface area (Å²) in [6.45, 7) is 0. The number of rotatable bonds is 2. The molecular formula is C15H9BrFN3O2. The fourth-order valence-electron chi connectivity index (χ4n) is 1.99. The molecule has 0 fully saturated rings. The van der Waals surface area contributed by atoms with Gasteiger partial charge in [0.05, 0.1) is 16.5 Å². The van der Waals surface area contributed by atoms with E-state index in [1.54, 1.807) is 24.3 Å². The van der Waals surface area contributed by atoms with Crippen LogP contribution >= 0.6 is 15.9 Å². The Balaban J connectivity index is 1.99. The number of hydrogen-bond acceptors (Lipinski definition) is 3. The van der Waals surface area contributed by atoms with Gasteiger partial charge in [0.2, 0.25) is 0 Å². The van der Waals surface area contributed by atoms with Crippen LogP contribution in [0.3, 0.4) is 0 Å². The third-order valence-electron chi connectivity index (χ3n) is 3.06. The molecule has 0 radical (unpaired) electrons. The van der Waals surface area contributed by atoms with Crippen LogP contribution in [-0.2, 0) is 0 Å². The van der Waals surface area contributed by atoms with E-state index in [4.69, 9.17) is 0 Å². The largest absolute Gasteiger partial charge is 0.280 e. The van der Waals surface area contributed by atoms with Gasteiger partial charge in [0.1, 0.15) is 12.1 Å². The van der Waals surface area contributed by atoms with E-state index >= 15 is 0 Å². The van der Waals surface area contributed by atoms with Gasteiger partial charge in [0, 0.05) is 4.47 Å². The number of carbonyl (C=O) groups excluding carboxylic acids is 1. The zero-order chi connectivity index (χ0) is 15.7. The van der Waals surface area contributed by atoms with Gasteiger partial charge in [0.25, 0.3) is 11.5 Å².